The van der Waals surface area contributed by atoms with Crippen molar-refractivity contribution in [3.8, 4) is 0 Å². The molecule has 9 rings (SSSR count). The number of aliphatic hydroxyl groups is 11. The SMILES string of the molecule is CC1OC(OC2C(COC3OC(CO)C(O)C(O)C3O)OC(OC3CCC4(C)C(C3)C(C)(CO)CC3(C)C4C=CC45OCC6(CCC(C)(C)CC64)C(O)CC35C)C(O)C2O)C(O)C(O)C1O. The molecule has 4 heterocycles. The maximum absolute atomic E-state index is 12.3. The fraction of sp³-hybridized carbons (Fsp3) is 0.958. The lowest BCUT2D eigenvalue weighted by Gasteiger charge is -2.74. The minimum atomic E-state index is -1.77. The summed E-state index contributed by atoms with van der Waals surface area (Å²) in [4.78, 5) is 0. The van der Waals surface area contributed by atoms with Gasteiger partial charge in [0, 0.05) is 23.4 Å². The molecule has 4 saturated heterocycles. The first kappa shape index (κ1) is 50.0. The van der Waals surface area contributed by atoms with E-state index in [1.54, 1.807) is 0 Å². The van der Waals surface area contributed by atoms with E-state index in [1.807, 2.05) is 0 Å². The van der Waals surface area contributed by atoms with Gasteiger partial charge < -0.3 is 89.3 Å². The third-order valence-electron chi connectivity index (χ3n) is 19.7. The minimum absolute atomic E-state index is 0.0689. The third-order valence-corrected chi connectivity index (χ3v) is 19.7. The average Bonchev–Trinajstić information content (AvgIpc) is 3.55. The fourth-order valence-corrected chi connectivity index (χ4v) is 15.8. The minimum Gasteiger partial charge on any atom is -0.396 e. The molecule has 378 valence electrons. The Balaban J connectivity index is 0.966. The van der Waals surface area contributed by atoms with Crippen molar-refractivity contribution in [2.24, 2.45) is 50.2 Å². The maximum Gasteiger partial charge on any atom is 0.187 e. The molecule has 2 bridgehead atoms. The molecule has 9 aliphatic rings. The van der Waals surface area contributed by atoms with Crippen LogP contribution in [0.15, 0.2) is 12.2 Å². The zero-order chi connectivity index (χ0) is 47.9. The van der Waals surface area contributed by atoms with Gasteiger partial charge in [-0.25, -0.2) is 0 Å². The molecule has 0 aromatic heterocycles. The van der Waals surface area contributed by atoms with Crippen LogP contribution < -0.4 is 0 Å². The molecule has 0 aromatic rings. The van der Waals surface area contributed by atoms with Gasteiger partial charge in [0.2, 0.25) is 0 Å². The summed E-state index contributed by atoms with van der Waals surface area (Å²) in [5, 5.41) is 120. The van der Waals surface area contributed by atoms with Gasteiger partial charge in [0.25, 0.3) is 0 Å². The summed E-state index contributed by atoms with van der Waals surface area (Å²) in [5.41, 5.74) is -2.42. The molecule has 11 N–H and O–H groups in total. The van der Waals surface area contributed by atoms with Crippen molar-refractivity contribution in [3.05, 3.63) is 12.2 Å². The van der Waals surface area contributed by atoms with Crippen LogP contribution in [0.3, 0.4) is 0 Å². The zero-order valence-electron chi connectivity index (χ0n) is 39.5. The van der Waals surface area contributed by atoms with E-state index < -0.39 is 134 Å². The first-order valence-electron chi connectivity index (χ1n) is 24.4. The molecule has 0 radical (unpaired) electrons. The van der Waals surface area contributed by atoms with Crippen LogP contribution in [-0.2, 0) is 33.2 Å². The quantitative estimate of drug-likeness (QED) is 0.104. The third kappa shape index (κ3) is 7.24. The van der Waals surface area contributed by atoms with E-state index in [4.69, 9.17) is 33.2 Å². The highest BCUT2D eigenvalue weighted by atomic mass is 16.8. The van der Waals surface area contributed by atoms with Crippen molar-refractivity contribution in [2.75, 3.05) is 26.4 Å². The number of rotatable bonds is 9. The molecule has 18 heteroatoms. The van der Waals surface area contributed by atoms with E-state index in [2.05, 4.69) is 53.7 Å². The molecule has 1 spiro atoms. The fourth-order valence-electron chi connectivity index (χ4n) is 15.8. The van der Waals surface area contributed by atoms with E-state index >= 15 is 0 Å². The van der Waals surface area contributed by atoms with Gasteiger partial charge in [0.1, 0.15) is 67.1 Å². The van der Waals surface area contributed by atoms with Crippen molar-refractivity contribution in [3.63, 3.8) is 0 Å². The summed E-state index contributed by atoms with van der Waals surface area (Å²) < 4.78 is 43.1. The van der Waals surface area contributed by atoms with E-state index in [0.717, 1.165) is 19.3 Å². The second kappa shape index (κ2) is 17.1. The molecule has 26 unspecified atom stereocenters. The molecule has 26 atom stereocenters. The summed E-state index contributed by atoms with van der Waals surface area (Å²) in [6.07, 6.45) is -13.6. The molecule has 66 heavy (non-hydrogen) atoms. The molecule has 5 aliphatic carbocycles. The second-order valence-electron chi connectivity index (χ2n) is 24.0. The first-order chi connectivity index (χ1) is 30.9. The molecule has 0 amide bonds. The van der Waals surface area contributed by atoms with Gasteiger partial charge in [-0.1, -0.05) is 53.7 Å². The standard InChI is InChI=1S/C48H78O18/c1-22-30(52)32(54)36(58)40(62-22)66-38-25(18-60-39-35(57)33(55)31(53)24(17-49)64-39)65-41(37(59)34(38)56)63-23-8-10-44(5)26-9-11-48-28-15-42(2,3)12-13-47(28,21-61-48)29(51)16-46(48,7)45(26,6)19-43(4,20-50)27(44)14-23/h9,11,22-41,49-59H,8,10,12-21H2,1-7H3. The topological polar surface area (TPSA) is 287 Å². The van der Waals surface area contributed by atoms with Gasteiger partial charge in [0.05, 0.1) is 43.7 Å². The predicted octanol–water partition coefficient (Wildman–Crippen LogP) is -0.399. The number of aliphatic hydroxyl groups excluding tert-OH is 11. The Morgan fingerprint density at radius 3 is 2.02 bits per heavy atom. The van der Waals surface area contributed by atoms with Crippen LogP contribution in [0, 0.1) is 50.2 Å². The van der Waals surface area contributed by atoms with E-state index in [0.29, 0.717) is 38.7 Å². The number of ether oxygens (including phenoxy) is 7. The monoisotopic (exact) mass is 943 g/mol. The van der Waals surface area contributed by atoms with Gasteiger partial charge in [-0.3, -0.25) is 0 Å². The summed E-state index contributed by atoms with van der Waals surface area (Å²) in [6, 6.07) is 0. The molecular weight excluding hydrogens is 865 g/mol. The summed E-state index contributed by atoms with van der Waals surface area (Å²) >= 11 is 0. The highest BCUT2D eigenvalue weighted by Crippen LogP contribution is 2.80. The molecule has 4 aliphatic heterocycles. The van der Waals surface area contributed by atoms with E-state index in [9.17, 15) is 56.2 Å². The Morgan fingerprint density at radius 1 is 0.667 bits per heavy atom. The molecule has 8 fully saturated rings. The van der Waals surface area contributed by atoms with Crippen molar-refractivity contribution in [1.82, 2.24) is 0 Å². The average molecular weight is 943 g/mol. The number of allylic oxidation sites excluding steroid dienone is 1. The molecule has 18 nitrogen and oxygen atoms in total. The lowest BCUT2D eigenvalue weighted by Crippen LogP contribution is -2.73. The van der Waals surface area contributed by atoms with Crippen LogP contribution in [0.25, 0.3) is 0 Å². The Kier molecular flexibility index (Phi) is 12.9. The molecule has 0 aromatic carbocycles. The summed E-state index contributed by atoms with van der Waals surface area (Å²) in [5.74, 6) is 0.177. The smallest absolute Gasteiger partial charge is 0.187 e. The van der Waals surface area contributed by atoms with Gasteiger partial charge in [-0.15, -0.1) is 0 Å². The van der Waals surface area contributed by atoms with Crippen molar-refractivity contribution >= 4 is 0 Å². The highest BCUT2D eigenvalue weighted by molar-refractivity contribution is 5.36. The number of hydrogen-bond donors (Lipinski definition) is 11. The van der Waals surface area contributed by atoms with Crippen molar-refractivity contribution in [2.45, 2.75) is 210 Å². The van der Waals surface area contributed by atoms with Crippen LogP contribution >= 0.6 is 0 Å². The Hall–Kier alpha value is -0.980. The van der Waals surface area contributed by atoms with Crippen LogP contribution in [0.2, 0.25) is 0 Å². The maximum atomic E-state index is 12.3. The Morgan fingerprint density at radius 2 is 1.32 bits per heavy atom. The van der Waals surface area contributed by atoms with Gasteiger partial charge in [-0.05, 0) is 91.8 Å². The predicted molar refractivity (Wildman–Crippen MR) is 229 cm³/mol. The van der Waals surface area contributed by atoms with Crippen LogP contribution in [0.1, 0.15) is 99.8 Å². The normalized spacial score (nSPS) is 58.8. The largest absolute Gasteiger partial charge is 0.396 e. The van der Waals surface area contributed by atoms with E-state index in [1.165, 1.54) is 6.92 Å². The second-order valence-corrected chi connectivity index (χ2v) is 24.0. The molecule has 4 saturated carbocycles. The van der Waals surface area contributed by atoms with Crippen LogP contribution in [-0.4, -0.2) is 193 Å². The Labute approximate surface area is 387 Å². The Bertz CT molecular complexity index is 1800. The zero-order valence-corrected chi connectivity index (χ0v) is 39.5. The van der Waals surface area contributed by atoms with Crippen LogP contribution in [0.5, 0.6) is 0 Å². The summed E-state index contributed by atoms with van der Waals surface area (Å²) in [7, 11) is 0. The lowest BCUT2D eigenvalue weighted by atomic mass is 9.30. The van der Waals surface area contributed by atoms with Gasteiger partial charge in [0.15, 0.2) is 18.9 Å². The van der Waals surface area contributed by atoms with Gasteiger partial charge in [-0.2, -0.15) is 0 Å². The van der Waals surface area contributed by atoms with Crippen molar-refractivity contribution < 1.29 is 89.3 Å². The van der Waals surface area contributed by atoms with Gasteiger partial charge >= 0.3 is 0 Å². The van der Waals surface area contributed by atoms with E-state index in [-0.39, 0.29) is 46.0 Å². The summed E-state index contributed by atoms with van der Waals surface area (Å²) in [6.45, 7) is 14.5. The lowest BCUT2D eigenvalue weighted by molar-refractivity contribution is -0.370. The number of fused-ring (bicyclic) bond motifs is 4. The van der Waals surface area contributed by atoms with Crippen molar-refractivity contribution in [1.29, 1.82) is 0 Å². The molecular formula is C48H78O18. The first-order valence-corrected chi connectivity index (χ1v) is 24.4. The highest BCUT2D eigenvalue weighted by Gasteiger charge is 2.80. The number of hydrogen-bond acceptors (Lipinski definition) is 18. The van der Waals surface area contributed by atoms with Crippen LogP contribution in [0.4, 0.5) is 0 Å².